The van der Waals surface area contributed by atoms with Gasteiger partial charge in [-0.3, -0.25) is 0 Å². The van der Waals surface area contributed by atoms with Crippen molar-refractivity contribution < 1.29 is 13.9 Å². The van der Waals surface area contributed by atoms with Crippen LogP contribution >= 0.6 is 23.2 Å². The number of fused-ring (bicyclic) bond motifs is 3. The molecule has 0 unspecified atom stereocenters. The van der Waals surface area contributed by atoms with E-state index in [1.165, 1.54) is 6.20 Å². The highest BCUT2D eigenvalue weighted by atomic mass is 35.5. The van der Waals surface area contributed by atoms with Crippen molar-refractivity contribution in [1.29, 1.82) is 0 Å². The first kappa shape index (κ1) is 18.4. The first-order valence-corrected chi connectivity index (χ1v) is 9.33. The normalized spacial score (nSPS) is 22.0. The molecule has 2 saturated heterocycles. The van der Waals surface area contributed by atoms with Gasteiger partial charge in [-0.25, -0.2) is 19.2 Å². The number of piperazine rings is 1. The Morgan fingerprint density at radius 2 is 2.00 bits per heavy atom. The van der Waals surface area contributed by atoms with Crippen LogP contribution in [0.5, 0.6) is 0 Å². The van der Waals surface area contributed by atoms with E-state index in [0.717, 1.165) is 6.42 Å². The van der Waals surface area contributed by atoms with Crippen LogP contribution in [0.3, 0.4) is 0 Å². The summed E-state index contributed by atoms with van der Waals surface area (Å²) < 4.78 is 19.8. The number of rotatable bonds is 1. The van der Waals surface area contributed by atoms with Gasteiger partial charge >= 0.3 is 6.09 Å². The van der Waals surface area contributed by atoms with Crippen LogP contribution in [0.2, 0.25) is 10.4 Å². The van der Waals surface area contributed by atoms with Gasteiger partial charge in [0.1, 0.15) is 16.9 Å². The van der Waals surface area contributed by atoms with E-state index in [1.54, 1.807) is 4.90 Å². The number of aromatic nitrogens is 3. The molecule has 0 saturated carbocycles. The summed E-state index contributed by atoms with van der Waals surface area (Å²) in [4.78, 5) is 28.3. The van der Waals surface area contributed by atoms with Crippen molar-refractivity contribution in [3.63, 3.8) is 0 Å². The fourth-order valence-electron chi connectivity index (χ4n) is 3.68. The summed E-state index contributed by atoms with van der Waals surface area (Å²) in [5.74, 6) is -0.219. The number of anilines is 1. The molecule has 4 rings (SSSR count). The van der Waals surface area contributed by atoms with E-state index in [-0.39, 0.29) is 34.1 Å². The molecule has 2 atom stereocenters. The summed E-state index contributed by atoms with van der Waals surface area (Å²) in [6, 6.07) is 0.0363. The summed E-state index contributed by atoms with van der Waals surface area (Å²) in [5, 5.41) is 0.116. The minimum atomic E-state index is -0.723. The fourth-order valence-corrected chi connectivity index (χ4v) is 3.99. The molecular formula is C17H18Cl2FN5O2. The molecule has 4 heterocycles. The summed E-state index contributed by atoms with van der Waals surface area (Å²) in [6.45, 7) is 6.58. The van der Waals surface area contributed by atoms with E-state index < -0.39 is 11.4 Å². The summed E-state index contributed by atoms with van der Waals surface area (Å²) in [7, 11) is 0. The molecule has 2 aromatic heterocycles. The Morgan fingerprint density at radius 1 is 1.26 bits per heavy atom. The van der Waals surface area contributed by atoms with Gasteiger partial charge in [-0.05, 0) is 38.8 Å². The number of carbonyl (C=O) groups is 1. The van der Waals surface area contributed by atoms with Crippen molar-refractivity contribution >= 4 is 46.0 Å². The Morgan fingerprint density at radius 3 is 2.63 bits per heavy atom. The van der Waals surface area contributed by atoms with Gasteiger partial charge in [0.15, 0.2) is 11.0 Å². The van der Waals surface area contributed by atoms with Crippen LogP contribution in [0.1, 0.15) is 27.2 Å². The number of nitrogens with zero attached hydrogens (tertiary/aromatic N) is 5. The molecule has 0 aromatic carbocycles. The number of hydrogen-bond acceptors (Lipinski definition) is 6. The van der Waals surface area contributed by atoms with E-state index in [9.17, 15) is 9.18 Å². The molecule has 0 N–H and O–H groups in total. The van der Waals surface area contributed by atoms with Crippen LogP contribution in [-0.4, -0.2) is 56.7 Å². The van der Waals surface area contributed by atoms with Crippen LogP contribution in [0.25, 0.3) is 10.9 Å². The van der Waals surface area contributed by atoms with Crippen molar-refractivity contribution in [3.05, 3.63) is 22.5 Å². The van der Waals surface area contributed by atoms with Gasteiger partial charge in [-0.1, -0.05) is 11.6 Å². The number of likely N-dealkylation sites (tertiary alicyclic amines) is 1. The maximum Gasteiger partial charge on any atom is 0.410 e. The maximum absolute atomic E-state index is 14.3. The molecule has 2 aliphatic rings. The van der Waals surface area contributed by atoms with Crippen LogP contribution in [0.15, 0.2) is 6.20 Å². The van der Waals surface area contributed by atoms with Crippen molar-refractivity contribution in [1.82, 2.24) is 19.9 Å². The van der Waals surface area contributed by atoms with Gasteiger partial charge in [0.2, 0.25) is 5.28 Å². The number of ether oxygens (including phenoxy) is 1. The lowest BCUT2D eigenvalue weighted by atomic mass is 10.2. The second-order valence-corrected chi connectivity index (χ2v) is 8.47. The SMILES string of the molecule is CC(C)(C)OC(=O)N1C[C@@H]2C[C@H]1CN2c1nc(Cl)nc2c(F)c(Cl)ncc12. The molecule has 7 nitrogen and oxygen atoms in total. The third-order valence-corrected chi connectivity index (χ3v) is 5.17. The Labute approximate surface area is 165 Å². The van der Waals surface area contributed by atoms with E-state index in [1.807, 2.05) is 25.7 Å². The van der Waals surface area contributed by atoms with Crippen LogP contribution in [0.4, 0.5) is 15.0 Å². The van der Waals surface area contributed by atoms with Crippen LogP contribution in [-0.2, 0) is 4.74 Å². The highest BCUT2D eigenvalue weighted by molar-refractivity contribution is 6.30. The third kappa shape index (κ3) is 3.25. The van der Waals surface area contributed by atoms with Crippen LogP contribution in [0, 0.1) is 5.82 Å². The summed E-state index contributed by atoms with van der Waals surface area (Å²) in [6.07, 6.45) is 1.91. The van der Waals surface area contributed by atoms with Gasteiger partial charge in [0.25, 0.3) is 0 Å². The van der Waals surface area contributed by atoms with Crippen LogP contribution < -0.4 is 4.90 Å². The minimum absolute atomic E-state index is 0.00116. The predicted molar refractivity (Wildman–Crippen MR) is 99.8 cm³/mol. The molecule has 2 fully saturated rings. The van der Waals surface area contributed by atoms with E-state index >= 15 is 0 Å². The Hall–Kier alpha value is -1.93. The lowest BCUT2D eigenvalue weighted by Crippen LogP contribution is -2.50. The second-order valence-electron chi connectivity index (χ2n) is 7.77. The average Bonchev–Trinajstić information content (AvgIpc) is 3.17. The molecule has 2 aromatic rings. The zero-order valence-corrected chi connectivity index (χ0v) is 16.6. The Balaban J connectivity index is 1.63. The number of halogens is 3. The predicted octanol–water partition coefficient (Wildman–Crippen LogP) is 3.67. The van der Waals surface area contributed by atoms with Crippen molar-refractivity contribution in [2.24, 2.45) is 0 Å². The zero-order valence-electron chi connectivity index (χ0n) is 15.0. The molecule has 2 aliphatic heterocycles. The van der Waals surface area contributed by atoms with Gasteiger partial charge in [0.05, 0.1) is 17.5 Å². The van der Waals surface area contributed by atoms with E-state index in [0.29, 0.717) is 24.3 Å². The molecule has 0 aliphatic carbocycles. The first-order chi connectivity index (χ1) is 12.6. The highest BCUT2D eigenvalue weighted by Gasteiger charge is 2.47. The van der Waals surface area contributed by atoms with E-state index in [2.05, 4.69) is 15.0 Å². The van der Waals surface area contributed by atoms with Gasteiger partial charge in [-0.2, -0.15) is 4.98 Å². The zero-order chi connectivity index (χ0) is 19.5. The lowest BCUT2D eigenvalue weighted by Gasteiger charge is -2.36. The highest BCUT2D eigenvalue weighted by Crippen LogP contribution is 2.38. The quantitative estimate of drug-likeness (QED) is 0.524. The Bertz CT molecular complexity index is 936. The number of amides is 1. The second kappa shape index (κ2) is 6.31. The summed E-state index contributed by atoms with van der Waals surface area (Å²) >= 11 is 11.8. The molecule has 144 valence electrons. The van der Waals surface area contributed by atoms with Gasteiger partial charge in [-0.15, -0.1) is 0 Å². The molecule has 10 heteroatoms. The number of carbonyl (C=O) groups excluding carboxylic acids is 1. The largest absolute Gasteiger partial charge is 0.444 e. The van der Waals surface area contributed by atoms with E-state index in [4.69, 9.17) is 27.9 Å². The molecule has 27 heavy (non-hydrogen) atoms. The van der Waals surface area contributed by atoms with Gasteiger partial charge in [0, 0.05) is 19.3 Å². The third-order valence-electron chi connectivity index (χ3n) is 4.73. The Kier molecular flexibility index (Phi) is 4.31. The van der Waals surface area contributed by atoms with Crippen molar-refractivity contribution in [2.75, 3.05) is 18.0 Å². The standard InChI is InChI=1S/C17H18Cl2FN5O2/c1-17(2,3)27-16(26)25-7-8-4-9(25)6-24(8)14-10-5-21-13(18)11(20)12(10)22-15(19)23-14/h5,8-9H,4,6-7H2,1-3H3/t8-,9-/m0/s1. The van der Waals surface area contributed by atoms with Crippen molar-refractivity contribution in [2.45, 2.75) is 44.9 Å². The molecule has 2 bridgehead atoms. The maximum atomic E-state index is 14.3. The fraction of sp³-hybridized carbons (Fsp3) is 0.529. The van der Waals surface area contributed by atoms with Crippen molar-refractivity contribution in [3.8, 4) is 0 Å². The lowest BCUT2D eigenvalue weighted by molar-refractivity contribution is 0.0214. The average molecular weight is 414 g/mol. The smallest absolute Gasteiger partial charge is 0.410 e. The molecule has 1 amide bonds. The molecule has 0 spiro atoms. The monoisotopic (exact) mass is 413 g/mol. The number of pyridine rings is 1. The van der Waals surface area contributed by atoms with Gasteiger partial charge < -0.3 is 14.5 Å². The minimum Gasteiger partial charge on any atom is -0.444 e. The molecular weight excluding hydrogens is 396 g/mol. The molecule has 0 radical (unpaired) electrons. The number of hydrogen-bond donors (Lipinski definition) is 0. The summed E-state index contributed by atoms with van der Waals surface area (Å²) in [5.41, 5.74) is -0.506. The topological polar surface area (TPSA) is 71.5 Å². The first-order valence-electron chi connectivity index (χ1n) is 8.57.